The first-order valence-electron chi connectivity index (χ1n) is 6.91. The summed E-state index contributed by atoms with van der Waals surface area (Å²) >= 11 is 0. The molecule has 1 saturated carbocycles. The Morgan fingerprint density at radius 1 is 1.47 bits per heavy atom. The van der Waals surface area contributed by atoms with E-state index in [1.807, 2.05) is 0 Å². The molecule has 5 heteroatoms. The molecule has 3 atom stereocenters. The fourth-order valence-electron chi connectivity index (χ4n) is 2.58. The first-order valence-corrected chi connectivity index (χ1v) is 6.91. The second-order valence-electron chi connectivity index (χ2n) is 5.41. The van der Waals surface area contributed by atoms with Crippen LogP contribution >= 0.6 is 0 Å². The molecule has 5 nitrogen and oxygen atoms in total. The Hall–Kier alpha value is -1.52. The molecule has 1 aliphatic carbocycles. The van der Waals surface area contributed by atoms with Gasteiger partial charge in [-0.25, -0.2) is 9.59 Å². The lowest BCUT2D eigenvalue weighted by Gasteiger charge is -2.27. The van der Waals surface area contributed by atoms with Gasteiger partial charge in [-0.15, -0.1) is 6.58 Å². The van der Waals surface area contributed by atoms with Crippen molar-refractivity contribution in [1.82, 2.24) is 10.6 Å². The minimum atomic E-state index is -1.04. The predicted molar refractivity (Wildman–Crippen MR) is 73.9 cm³/mol. The molecule has 3 N–H and O–H groups in total. The highest BCUT2D eigenvalue weighted by Gasteiger charge is 2.21. The summed E-state index contributed by atoms with van der Waals surface area (Å²) in [6.07, 6.45) is 6.46. The Labute approximate surface area is 114 Å². The van der Waals surface area contributed by atoms with E-state index in [1.54, 1.807) is 0 Å². The molecule has 0 aromatic carbocycles. The van der Waals surface area contributed by atoms with E-state index in [0.29, 0.717) is 12.5 Å². The number of amides is 2. The molecule has 0 aliphatic heterocycles. The molecular weight excluding hydrogens is 244 g/mol. The minimum absolute atomic E-state index is 0.225. The second-order valence-corrected chi connectivity index (χ2v) is 5.41. The van der Waals surface area contributed by atoms with Crippen molar-refractivity contribution in [3.63, 3.8) is 0 Å². The molecule has 0 aromatic heterocycles. The number of hydrogen-bond acceptors (Lipinski definition) is 2. The van der Waals surface area contributed by atoms with Gasteiger partial charge in [0.05, 0.1) is 0 Å². The number of nitrogens with one attached hydrogen (secondary N) is 2. The zero-order valence-electron chi connectivity index (χ0n) is 11.5. The van der Waals surface area contributed by atoms with Crippen molar-refractivity contribution in [2.75, 3.05) is 6.54 Å². The molecule has 1 rings (SSSR count). The van der Waals surface area contributed by atoms with E-state index in [1.165, 1.54) is 18.9 Å². The van der Waals surface area contributed by atoms with Gasteiger partial charge in [-0.05, 0) is 31.1 Å². The van der Waals surface area contributed by atoms with Gasteiger partial charge in [-0.3, -0.25) is 0 Å². The summed E-state index contributed by atoms with van der Waals surface area (Å²) in [5, 5.41) is 14.1. The van der Waals surface area contributed by atoms with Crippen molar-refractivity contribution in [3.05, 3.63) is 12.7 Å². The molecular formula is C14H24N2O3. The Morgan fingerprint density at radius 2 is 2.21 bits per heavy atom. The van der Waals surface area contributed by atoms with E-state index in [-0.39, 0.29) is 6.42 Å². The fourth-order valence-corrected chi connectivity index (χ4v) is 2.58. The first-order chi connectivity index (χ1) is 9.02. The van der Waals surface area contributed by atoms with Crippen molar-refractivity contribution in [3.8, 4) is 0 Å². The largest absolute Gasteiger partial charge is 0.480 e. The quantitative estimate of drug-likeness (QED) is 0.646. The van der Waals surface area contributed by atoms with Gasteiger partial charge in [-0.2, -0.15) is 0 Å². The van der Waals surface area contributed by atoms with Gasteiger partial charge < -0.3 is 15.7 Å². The van der Waals surface area contributed by atoms with E-state index in [9.17, 15) is 9.59 Å². The second kappa shape index (κ2) is 7.81. The third-order valence-corrected chi connectivity index (χ3v) is 3.60. The van der Waals surface area contributed by atoms with Crippen LogP contribution in [0.25, 0.3) is 0 Å². The number of hydrogen-bond donors (Lipinski definition) is 3. The molecule has 0 aromatic rings. The minimum Gasteiger partial charge on any atom is -0.480 e. The summed E-state index contributed by atoms with van der Waals surface area (Å²) in [7, 11) is 0. The molecule has 108 valence electrons. The van der Waals surface area contributed by atoms with Gasteiger partial charge in [-0.1, -0.05) is 25.8 Å². The van der Waals surface area contributed by atoms with Crippen molar-refractivity contribution < 1.29 is 14.7 Å². The third kappa shape index (κ3) is 5.77. The summed E-state index contributed by atoms with van der Waals surface area (Å²) in [4.78, 5) is 22.5. The lowest BCUT2D eigenvalue weighted by atomic mass is 9.82. The maximum absolute atomic E-state index is 11.6. The standard InChI is InChI=1S/C14H24N2O3/c1-3-5-12(13(17)18)16-14(19)15-9-11-7-4-6-10(2)8-11/h3,10-12H,1,4-9H2,2H3,(H,17,18)(H2,15,16,19). The summed E-state index contributed by atoms with van der Waals surface area (Å²) in [5.41, 5.74) is 0. The molecule has 0 heterocycles. The highest BCUT2D eigenvalue weighted by atomic mass is 16.4. The van der Waals surface area contributed by atoms with Crippen LogP contribution in [0.15, 0.2) is 12.7 Å². The van der Waals surface area contributed by atoms with Crippen LogP contribution in [0.4, 0.5) is 4.79 Å². The number of carboxylic acid groups (broad SMARTS) is 1. The van der Waals surface area contributed by atoms with Crippen molar-refractivity contribution in [2.45, 2.75) is 45.1 Å². The number of urea groups is 1. The third-order valence-electron chi connectivity index (χ3n) is 3.60. The summed E-state index contributed by atoms with van der Waals surface area (Å²) in [5.74, 6) is 0.190. The Balaban J connectivity index is 2.30. The van der Waals surface area contributed by atoms with Crippen LogP contribution in [0.2, 0.25) is 0 Å². The van der Waals surface area contributed by atoms with Gasteiger partial charge in [0, 0.05) is 6.54 Å². The smallest absolute Gasteiger partial charge is 0.326 e. The molecule has 0 bridgehead atoms. The monoisotopic (exact) mass is 268 g/mol. The average Bonchev–Trinajstić information content (AvgIpc) is 2.36. The highest BCUT2D eigenvalue weighted by Crippen LogP contribution is 2.27. The van der Waals surface area contributed by atoms with Crippen LogP contribution in [0.5, 0.6) is 0 Å². The lowest BCUT2D eigenvalue weighted by Crippen LogP contribution is -2.47. The highest BCUT2D eigenvalue weighted by molar-refractivity contribution is 5.82. The van der Waals surface area contributed by atoms with Crippen molar-refractivity contribution in [2.24, 2.45) is 11.8 Å². The lowest BCUT2D eigenvalue weighted by molar-refractivity contribution is -0.139. The zero-order chi connectivity index (χ0) is 14.3. The number of carbonyl (C=O) groups is 2. The summed E-state index contributed by atoms with van der Waals surface area (Å²) in [6.45, 7) is 6.34. The SMILES string of the molecule is C=CCC(NC(=O)NCC1CCCC(C)C1)C(=O)O. The van der Waals surface area contributed by atoms with Crippen LogP contribution in [0.3, 0.4) is 0 Å². The number of rotatable bonds is 6. The van der Waals surface area contributed by atoms with E-state index < -0.39 is 18.0 Å². The number of carbonyl (C=O) groups excluding carboxylic acids is 1. The molecule has 1 aliphatic rings. The Morgan fingerprint density at radius 3 is 2.79 bits per heavy atom. The van der Waals surface area contributed by atoms with Crippen LogP contribution < -0.4 is 10.6 Å². The molecule has 1 fully saturated rings. The van der Waals surface area contributed by atoms with E-state index >= 15 is 0 Å². The Kier molecular flexibility index (Phi) is 6.39. The van der Waals surface area contributed by atoms with Gasteiger partial charge in [0.15, 0.2) is 0 Å². The van der Waals surface area contributed by atoms with Gasteiger partial charge >= 0.3 is 12.0 Å². The molecule has 0 spiro atoms. The van der Waals surface area contributed by atoms with Crippen LogP contribution in [0, 0.1) is 11.8 Å². The summed E-state index contributed by atoms with van der Waals surface area (Å²) < 4.78 is 0. The predicted octanol–water partition coefficient (Wildman–Crippen LogP) is 2.14. The first kappa shape index (κ1) is 15.5. The molecule has 0 saturated heterocycles. The summed E-state index contributed by atoms with van der Waals surface area (Å²) in [6, 6.07) is -1.31. The number of aliphatic carboxylic acids is 1. The molecule has 0 radical (unpaired) electrons. The Bertz CT molecular complexity index is 331. The fraction of sp³-hybridized carbons (Fsp3) is 0.714. The maximum Gasteiger partial charge on any atom is 0.326 e. The number of carboxylic acids is 1. The topological polar surface area (TPSA) is 78.4 Å². The van der Waals surface area contributed by atoms with Gasteiger partial charge in [0.25, 0.3) is 0 Å². The van der Waals surface area contributed by atoms with Crippen molar-refractivity contribution >= 4 is 12.0 Å². The van der Waals surface area contributed by atoms with Crippen LogP contribution in [0.1, 0.15) is 39.0 Å². The van der Waals surface area contributed by atoms with Crippen LogP contribution in [-0.4, -0.2) is 29.7 Å². The van der Waals surface area contributed by atoms with E-state index in [4.69, 9.17) is 5.11 Å². The van der Waals surface area contributed by atoms with E-state index in [0.717, 1.165) is 18.8 Å². The van der Waals surface area contributed by atoms with Gasteiger partial charge in [0.1, 0.15) is 6.04 Å². The normalized spacial score (nSPS) is 24.3. The molecule has 2 amide bonds. The van der Waals surface area contributed by atoms with Crippen LogP contribution in [-0.2, 0) is 4.79 Å². The maximum atomic E-state index is 11.6. The van der Waals surface area contributed by atoms with Gasteiger partial charge in [0.2, 0.25) is 0 Å². The average molecular weight is 268 g/mol. The molecule has 3 unspecified atom stereocenters. The zero-order valence-corrected chi connectivity index (χ0v) is 11.5. The van der Waals surface area contributed by atoms with E-state index in [2.05, 4.69) is 24.1 Å². The van der Waals surface area contributed by atoms with Crippen molar-refractivity contribution in [1.29, 1.82) is 0 Å². The molecule has 19 heavy (non-hydrogen) atoms.